The molecule has 4 heteroatoms. The van der Waals surface area contributed by atoms with E-state index in [1.807, 2.05) is 0 Å². The summed E-state index contributed by atoms with van der Waals surface area (Å²) in [6, 6.07) is 0.209. The molecule has 0 aromatic heterocycles. The maximum Gasteiger partial charge on any atom is 0.251 e. The molecule has 0 saturated carbocycles. The number of amides is 1. The van der Waals surface area contributed by atoms with Gasteiger partial charge >= 0.3 is 0 Å². The Morgan fingerprint density at radius 3 is 2.58 bits per heavy atom. The maximum absolute atomic E-state index is 12.2. The quantitative estimate of drug-likeness (QED) is 0.720. The summed E-state index contributed by atoms with van der Waals surface area (Å²) in [6.07, 6.45) is 3.83. The molecular weight excluding hydrogens is 242 g/mol. The van der Waals surface area contributed by atoms with Crippen LogP contribution in [0, 0.1) is 17.8 Å². The molecule has 0 spiro atoms. The Balaban J connectivity index is 1.94. The lowest BCUT2D eigenvalue weighted by Gasteiger charge is -2.49. The molecule has 0 aromatic carbocycles. The molecule has 0 bridgehead atoms. The van der Waals surface area contributed by atoms with Gasteiger partial charge in [0.1, 0.15) is 0 Å². The fourth-order valence-electron chi connectivity index (χ4n) is 3.06. The molecule has 1 unspecified atom stereocenters. The van der Waals surface area contributed by atoms with Crippen molar-refractivity contribution in [3.8, 4) is 0 Å². The highest BCUT2D eigenvalue weighted by atomic mass is 16.8. The molecule has 0 aromatic rings. The molecule has 2 heterocycles. The van der Waals surface area contributed by atoms with Crippen LogP contribution in [0.15, 0.2) is 0 Å². The van der Waals surface area contributed by atoms with Crippen LogP contribution >= 0.6 is 0 Å². The summed E-state index contributed by atoms with van der Waals surface area (Å²) < 4.78 is 5.56. The smallest absolute Gasteiger partial charge is 0.251 e. The number of β-lactam (4-membered cyclic amide) rings is 1. The fraction of sp³-hybridized carbons (Fsp3) is 0.933. The van der Waals surface area contributed by atoms with Gasteiger partial charge in [-0.25, -0.2) is 9.90 Å². The van der Waals surface area contributed by atoms with Gasteiger partial charge in [0, 0.05) is 13.0 Å². The van der Waals surface area contributed by atoms with E-state index >= 15 is 0 Å². The first kappa shape index (κ1) is 14.8. The van der Waals surface area contributed by atoms with Crippen LogP contribution in [-0.2, 0) is 14.4 Å². The van der Waals surface area contributed by atoms with Crippen LogP contribution in [0.25, 0.3) is 0 Å². The van der Waals surface area contributed by atoms with Crippen molar-refractivity contribution >= 4 is 5.91 Å². The van der Waals surface area contributed by atoms with Gasteiger partial charge in [-0.2, -0.15) is 0 Å². The number of ether oxygens (including phenoxy) is 1. The lowest BCUT2D eigenvalue weighted by Crippen LogP contribution is -2.64. The second-order valence-corrected chi connectivity index (χ2v) is 6.54. The lowest BCUT2D eigenvalue weighted by molar-refractivity contribution is -0.323. The van der Waals surface area contributed by atoms with Gasteiger partial charge in [0.05, 0.1) is 12.0 Å². The minimum atomic E-state index is -0.223. The second kappa shape index (κ2) is 6.23. The predicted molar refractivity (Wildman–Crippen MR) is 73.1 cm³/mol. The van der Waals surface area contributed by atoms with E-state index in [1.165, 1.54) is 0 Å². The molecule has 19 heavy (non-hydrogen) atoms. The third-order valence-corrected chi connectivity index (χ3v) is 3.99. The topological polar surface area (TPSA) is 38.8 Å². The van der Waals surface area contributed by atoms with Crippen LogP contribution in [0.4, 0.5) is 0 Å². The zero-order valence-corrected chi connectivity index (χ0v) is 12.6. The van der Waals surface area contributed by atoms with Gasteiger partial charge < -0.3 is 4.74 Å². The maximum atomic E-state index is 12.2. The van der Waals surface area contributed by atoms with Crippen LogP contribution in [0.2, 0.25) is 0 Å². The molecule has 0 N–H and O–H groups in total. The van der Waals surface area contributed by atoms with E-state index in [9.17, 15) is 4.79 Å². The average Bonchev–Trinajstić information content (AvgIpc) is 2.37. The summed E-state index contributed by atoms with van der Waals surface area (Å²) in [5.41, 5.74) is 0. The second-order valence-electron chi connectivity index (χ2n) is 6.54. The summed E-state index contributed by atoms with van der Waals surface area (Å²) in [6.45, 7) is 9.39. The van der Waals surface area contributed by atoms with E-state index in [-0.39, 0.29) is 24.2 Å². The van der Waals surface area contributed by atoms with Gasteiger partial charge in [0.2, 0.25) is 0 Å². The van der Waals surface area contributed by atoms with E-state index in [1.54, 1.807) is 5.06 Å². The molecule has 0 radical (unpaired) electrons. The first-order valence-electron chi connectivity index (χ1n) is 7.62. The van der Waals surface area contributed by atoms with Crippen molar-refractivity contribution in [2.24, 2.45) is 17.8 Å². The first-order valence-corrected chi connectivity index (χ1v) is 7.62. The summed E-state index contributed by atoms with van der Waals surface area (Å²) in [5, 5.41) is 1.59. The summed E-state index contributed by atoms with van der Waals surface area (Å²) in [7, 11) is 0. The standard InChI is InChI=1S/C15H27NO3/c1-10(2)9-12-14(11(3)4)16(15(12)17)19-13-7-5-6-8-18-13/h10-14H,5-9H2,1-4H3/t12-,13?,14+/m1/s1. The average molecular weight is 269 g/mol. The van der Waals surface area contributed by atoms with Crippen LogP contribution in [0.3, 0.4) is 0 Å². The predicted octanol–water partition coefficient (Wildman–Crippen LogP) is 2.97. The van der Waals surface area contributed by atoms with Gasteiger partial charge in [0.15, 0.2) is 6.29 Å². The van der Waals surface area contributed by atoms with Crippen molar-refractivity contribution in [1.82, 2.24) is 5.06 Å². The van der Waals surface area contributed by atoms with Crippen LogP contribution in [-0.4, -0.2) is 29.9 Å². The van der Waals surface area contributed by atoms with Gasteiger partial charge in [-0.1, -0.05) is 27.7 Å². The van der Waals surface area contributed by atoms with Gasteiger partial charge in [-0.15, -0.1) is 0 Å². The van der Waals surface area contributed by atoms with Gasteiger partial charge in [-0.3, -0.25) is 4.79 Å². The number of hydrogen-bond donors (Lipinski definition) is 0. The molecule has 3 atom stereocenters. The minimum absolute atomic E-state index is 0.128. The van der Waals surface area contributed by atoms with Crippen molar-refractivity contribution in [3.63, 3.8) is 0 Å². The van der Waals surface area contributed by atoms with Crippen LogP contribution < -0.4 is 0 Å². The summed E-state index contributed by atoms with van der Waals surface area (Å²) in [4.78, 5) is 18.0. The molecule has 1 amide bonds. The van der Waals surface area contributed by atoms with Crippen LogP contribution in [0.5, 0.6) is 0 Å². The summed E-state index contributed by atoms with van der Waals surface area (Å²) >= 11 is 0. The third kappa shape index (κ3) is 3.29. The van der Waals surface area contributed by atoms with Crippen molar-refractivity contribution < 1.29 is 14.4 Å². The molecular formula is C15H27NO3. The zero-order chi connectivity index (χ0) is 14.0. The highest BCUT2D eigenvalue weighted by molar-refractivity contribution is 5.85. The Labute approximate surface area is 116 Å². The van der Waals surface area contributed by atoms with Crippen molar-refractivity contribution in [1.29, 1.82) is 0 Å². The minimum Gasteiger partial charge on any atom is -0.350 e. The molecule has 2 aliphatic heterocycles. The van der Waals surface area contributed by atoms with E-state index < -0.39 is 0 Å². The van der Waals surface area contributed by atoms with Crippen molar-refractivity contribution in [3.05, 3.63) is 0 Å². The normalized spacial score (nSPS) is 32.0. The van der Waals surface area contributed by atoms with Gasteiger partial charge in [0.25, 0.3) is 5.91 Å². The number of rotatable bonds is 5. The van der Waals surface area contributed by atoms with Crippen LogP contribution in [0.1, 0.15) is 53.4 Å². The molecule has 2 aliphatic rings. The first-order chi connectivity index (χ1) is 9.00. The number of carbonyl (C=O) groups excluding carboxylic acids is 1. The Bertz CT molecular complexity index is 311. The monoisotopic (exact) mass is 269 g/mol. The zero-order valence-electron chi connectivity index (χ0n) is 12.6. The highest BCUT2D eigenvalue weighted by Crippen LogP contribution is 2.37. The van der Waals surface area contributed by atoms with E-state index in [2.05, 4.69) is 27.7 Å². The van der Waals surface area contributed by atoms with E-state index in [0.29, 0.717) is 11.8 Å². The molecule has 0 aliphatic carbocycles. The fourth-order valence-corrected chi connectivity index (χ4v) is 3.06. The summed E-state index contributed by atoms with van der Waals surface area (Å²) in [5.74, 6) is 1.23. The largest absolute Gasteiger partial charge is 0.350 e. The lowest BCUT2D eigenvalue weighted by atomic mass is 9.77. The molecule has 110 valence electrons. The SMILES string of the molecule is CC(C)C[C@H]1C(=O)N(OC2CCCCO2)[C@H]1C(C)C. The molecule has 2 rings (SSSR count). The molecule has 4 nitrogen and oxygen atoms in total. The Kier molecular flexibility index (Phi) is 4.85. The molecule has 2 fully saturated rings. The Morgan fingerprint density at radius 2 is 2.05 bits per heavy atom. The van der Waals surface area contributed by atoms with E-state index in [4.69, 9.17) is 9.57 Å². The number of carbonyl (C=O) groups is 1. The highest BCUT2D eigenvalue weighted by Gasteiger charge is 2.50. The van der Waals surface area contributed by atoms with Gasteiger partial charge in [-0.05, 0) is 31.1 Å². The number of nitrogens with zero attached hydrogens (tertiary/aromatic N) is 1. The third-order valence-electron chi connectivity index (χ3n) is 3.99. The van der Waals surface area contributed by atoms with Crippen molar-refractivity contribution in [2.75, 3.05) is 6.61 Å². The Morgan fingerprint density at radius 1 is 1.32 bits per heavy atom. The number of hydrogen-bond acceptors (Lipinski definition) is 3. The Hall–Kier alpha value is -0.610. The molecule has 2 saturated heterocycles. The van der Waals surface area contributed by atoms with E-state index in [0.717, 1.165) is 32.3 Å². The number of hydroxylamine groups is 2. The van der Waals surface area contributed by atoms with Crippen molar-refractivity contribution in [2.45, 2.75) is 65.7 Å².